The molecule has 9 heteroatoms. The van der Waals surface area contributed by atoms with Gasteiger partial charge < -0.3 is 15.4 Å². The first-order chi connectivity index (χ1) is 12.8. The number of aryl methyl sites for hydroxylation is 2. The fraction of sp³-hybridized carbons (Fsp3) is 0.368. The van der Waals surface area contributed by atoms with E-state index in [1.165, 1.54) is 17.3 Å². The number of aliphatic imine (C=N–C) groups is 1. The van der Waals surface area contributed by atoms with Crippen LogP contribution in [0.5, 0.6) is 5.88 Å². The minimum Gasteiger partial charge on any atom is -0.468 e. The zero-order chi connectivity index (χ0) is 19.9. The maximum atomic E-state index is 12.4. The van der Waals surface area contributed by atoms with Gasteiger partial charge in [-0.15, -0.1) is 24.0 Å². The molecule has 1 aromatic heterocycles. The number of guanidine groups is 1. The molecule has 0 atom stereocenters. The number of hydrogen-bond donors (Lipinski definition) is 2. The molecular formula is C19H24F3IN4O. The predicted molar refractivity (Wildman–Crippen MR) is 114 cm³/mol. The van der Waals surface area contributed by atoms with Gasteiger partial charge >= 0.3 is 6.18 Å². The van der Waals surface area contributed by atoms with Gasteiger partial charge in [0.05, 0.1) is 0 Å². The zero-order valence-electron chi connectivity index (χ0n) is 15.9. The highest BCUT2D eigenvalue weighted by Crippen LogP contribution is 2.19. The third kappa shape index (κ3) is 7.91. The Hall–Kier alpha value is -2.04. The Labute approximate surface area is 179 Å². The Morgan fingerprint density at radius 3 is 2.39 bits per heavy atom. The van der Waals surface area contributed by atoms with Crippen LogP contribution in [-0.2, 0) is 13.1 Å². The van der Waals surface area contributed by atoms with Crippen molar-refractivity contribution in [3.63, 3.8) is 0 Å². The van der Waals surface area contributed by atoms with E-state index in [0.29, 0.717) is 18.1 Å². The summed E-state index contributed by atoms with van der Waals surface area (Å²) in [6, 6.07) is 9.49. The normalized spacial score (nSPS) is 11.6. The molecule has 0 amide bonds. The van der Waals surface area contributed by atoms with Crippen LogP contribution in [0.1, 0.15) is 22.3 Å². The number of hydrogen-bond acceptors (Lipinski definition) is 3. The molecule has 2 rings (SSSR count). The van der Waals surface area contributed by atoms with Crippen LogP contribution >= 0.6 is 24.0 Å². The lowest BCUT2D eigenvalue weighted by molar-refractivity contribution is -0.154. The second-order valence-electron chi connectivity index (χ2n) is 6.08. The molecular weight excluding hydrogens is 484 g/mol. The van der Waals surface area contributed by atoms with Crippen molar-refractivity contribution in [2.45, 2.75) is 33.1 Å². The van der Waals surface area contributed by atoms with E-state index in [1.807, 2.05) is 19.9 Å². The smallest absolute Gasteiger partial charge is 0.422 e. The van der Waals surface area contributed by atoms with Crippen LogP contribution in [0.25, 0.3) is 0 Å². The minimum absolute atomic E-state index is 0. The predicted octanol–water partition coefficient (Wildman–Crippen LogP) is 4.12. The molecule has 0 aliphatic heterocycles. The van der Waals surface area contributed by atoms with Gasteiger partial charge in [-0.25, -0.2) is 4.98 Å². The van der Waals surface area contributed by atoms with Gasteiger partial charge in [0.15, 0.2) is 12.6 Å². The molecule has 2 aromatic rings. The van der Waals surface area contributed by atoms with Gasteiger partial charge in [-0.2, -0.15) is 13.2 Å². The lowest BCUT2D eigenvalue weighted by atomic mass is 10.1. The summed E-state index contributed by atoms with van der Waals surface area (Å²) in [5, 5.41) is 6.25. The first-order valence-electron chi connectivity index (χ1n) is 8.42. The number of aromatic nitrogens is 1. The highest BCUT2D eigenvalue weighted by Gasteiger charge is 2.29. The molecule has 0 saturated carbocycles. The van der Waals surface area contributed by atoms with E-state index in [-0.39, 0.29) is 36.4 Å². The van der Waals surface area contributed by atoms with E-state index in [2.05, 4.69) is 32.7 Å². The van der Waals surface area contributed by atoms with Crippen molar-refractivity contribution in [2.75, 3.05) is 13.7 Å². The summed E-state index contributed by atoms with van der Waals surface area (Å²) in [7, 11) is 1.63. The maximum absolute atomic E-state index is 12.4. The van der Waals surface area contributed by atoms with Crippen LogP contribution in [0.4, 0.5) is 13.2 Å². The monoisotopic (exact) mass is 508 g/mol. The van der Waals surface area contributed by atoms with Gasteiger partial charge in [-0.3, -0.25) is 4.99 Å². The first-order valence-corrected chi connectivity index (χ1v) is 8.42. The molecule has 0 radical (unpaired) electrons. The van der Waals surface area contributed by atoms with Crippen molar-refractivity contribution in [1.29, 1.82) is 0 Å². The van der Waals surface area contributed by atoms with Gasteiger partial charge in [-0.05, 0) is 31.0 Å². The fourth-order valence-electron chi connectivity index (χ4n) is 2.46. The van der Waals surface area contributed by atoms with E-state index in [1.54, 1.807) is 19.2 Å². The van der Waals surface area contributed by atoms with Crippen molar-refractivity contribution >= 4 is 29.9 Å². The summed E-state index contributed by atoms with van der Waals surface area (Å²) in [5.74, 6) is 0.479. The van der Waals surface area contributed by atoms with Crippen LogP contribution in [0, 0.1) is 13.8 Å². The standard InChI is InChI=1S/C19H23F3N4O.HI/c1-13-6-7-15(14(2)9-13)10-25-18(23-3)26-11-16-5-4-8-24-17(16)27-12-19(20,21)22;/h4-9H,10-12H2,1-3H3,(H2,23,25,26);1H. The average Bonchev–Trinajstić information content (AvgIpc) is 2.61. The number of ether oxygens (including phenoxy) is 1. The molecule has 1 heterocycles. The molecule has 0 bridgehead atoms. The Bertz CT molecular complexity index is 797. The van der Waals surface area contributed by atoms with Crippen molar-refractivity contribution in [3.05, 3.63) is 58.8 Å². The number of alkyl halides is 3. The van der Waals surface area contributed by atoms with E-state index in [9.17, 15) is 13.2 Å². The Morgan fingerprint density at radius 2 is 1.79 bits per heavy atom. The number of halogens is 4. The number of benzene rings is 1. The molecule has 154 valence electrons. The Balaban J connectivity index is 0.00000392. The van der Waals surface area contributed by atoms with Crippen molar-refractivity contribution in [2.24, 2.45) is 4.99 Å². The molecule has 0 unspecified atom stereocenters. The van der Waals surface area contributed by atoms with Crippen molar-refractivity contribution < 1.29 is 17.9 Å². The molecule has 0 fully saturated rings. The van der Waals surface area contributed by atoms with Gasteiger partial charge in [-0.1, -0.05) is 29.8 Å². The SMILES string of the molecule is CN=C(NCc1ccc(C)cc1C)NCc1cccnc1OCC(F)(F)F.I. The van der Waals surface area contributed by atoms with E-state index >= 15 is 0 Å². The van der Waals surface area contributed by atoms with Gasteiger partial charge in [0.1, 0.15) is 0 Å². The third-order valence-corrected chi connectivity index (χ3v) is 3.84. The topological polar surface area (TPSA) is 58.5 Å². The average molecular weight is 508 g/mol. The molecule has 0 aliphatic rings. The highest BCUT2D eigenvalue weighted by molar-refractivity contribution is 14.0. The minimum atomic E-state index is -4.41. The zero-order valence-corrected chi connectivity index (χ0v) is 18.3. The number of nitrogens with zero attached hydrogens (tertiary/aromatic N) is 2. The second kappa shape index (κ2) is 11.1. The van der Waals surface area contributed by atoms with Crippen LogP contribution in [0.2, 0.25) is 0 Å². The summed E-state index contributed by atoms with van der Waals surface area (Å²) in [6.45, 7) is 3.51. The van der Waals surface area contributed by atoms with Gasteiger partial charge in [0.2, 0.25) is 5.88 Å². The summed E-state index contributed by atoms with van der Waals surface area (Å²) in [4.78, 5) is 8.01. The molecule has 0 aliphatic carbocycles. The summed E-state index contributed by atoms with van der Waals surface area (Å²) in [5.41, 5.74) is 4.02. The first kappa shape index (κ1) is 24.0. The molecule has 28 heavy (non-hydrogen) atoms. The van der Waals surface area contributed by atoms with E-state index in [0.717, 1.165) is 5.56 Å². The van der Waals surface area contributed by atoms with Crippen LogP contribution in [0.3, 0.4) is 0 Å². The van der Waals surface area contributed by atoms with Gasteiger partial charge in [0.25, 0.3) is 0 Å². The van der Waals surface area contributed by atoms with Crippen molar-refractivity contribution in [3.8, 4) is 5.88 Å². The fourth-order valence-corrected chi connectivity index (χ4v) is 2.46. The molecule has 1 aromatic carbocycles. The van der Waals surface area contributed by atoms with Crippen LogP contribution in [-0.4, -0.2) is 30.8 Å². The third-order valence-electron chi connectivity index (χ3n) is 3.84. The lowest BCUT2D eigenvalue weighted by Gasteiger charge is -2.15. The van der Waals surface area contributed by atoms with Crippen LogP contribution in [0.15, 0.2) is 41.5 Å². The Kier molecular flexibility index (Phi) is 9.50. The second-order valence-corrected chi connectivity index (χ2v) is 6.08. The molecule has 5 nitrogen and oxygen atoms in total. The summed E-state index contributed by atoms with van der Waals surface area (Å²) >= 11 is 0. The molecule has 0 spiro atoms. The highest BCUT2D eigenvalue weighted by atomic mass is 127. The van der Waals surface area contributed by atoms with Crippen molar-refractivity contribution in [1.82, 2.24) is 15.6 Å². The quantitative estimate of drug-likeness (QED) is 0.350. The maximum Gasteiger partial charge on any atom is 0.422 e. The number of nitrogens with one attached hydrogen (secondary N) is 2. The summed E-state index contributed by atoms with van der Waals surface area (Å²) < 4.78 is 41.9. The van der Waals surface area contributed by atoms with Crippen LogP contribution < -0.4 is 15.4 Å². The number of rotatable bonds is 6. The molecule has 2 N–H and O–H groups in total. The summed E-state index contributed by atoms with van der Waals surface area (Å²) in [6.07, 6.45) is -3.02. The number of pyridine rings is 1. The van der Waals surface area contributed by atoms with Gasteiger partial charge in [0, 0.05) is 31.9 Å². The largest absolute Gasteiger partial charge is 0.468 e. The van der Waals surface area contributed by atoms with E-state index in [4.69, 9.17) is 4.74 Å². The Morgan fingerprint density at radius 1 is 1.11 bits per heavy atom. The lowest BCUT2D eigenvalue weighted by Crippen LogP contribution is -2.36. The molecule has 0 saturated heterocycles. The van der Waals surface area contributed by atoms with E-state index < -0.39 is 12.8 Å².